The van der Waals surface area contributed by atoms with Gasteiger partial charge in [0.15, 0.2) is 6.61 Å². The summed E-state index contributed by atoms with van der Waals surface area (Å²) in [7, 11) is 0. The van der Waals surface area contributed by atoms with Gasteiger partial charge in [-0.05, 0) is 37.6 Å². The van der Waals surface area contributed by atoms with E-state index in [2.05, 4.69) is 15.3 Å². The number of carbonyl (C=O) groups is 1. The lowest BCUT2D eigenvalue weighted by Crippen LogP contribution is -2.29. The zero-order chi connectivity index (χ0) is 16.8. The lowest BCUT2D eigenvalue weighted by molar-refractivity contribution is -0.123. The largest absolute Gasteiger partial charge is 0.484 e. The van der Waals surface area contributed by atoms with Gasteiger partial charge in [0.05, 0.1) is 11.0 Å². The number of aryl methyl sites for hydroxylation is 2. The maximum atomic E-state index is 11.8. The standard InChI is InChI=1S/C19H21N3O2/c1-14-8-10-15(11-9-14)24-13-19(23)20-12-4-7-18-21-16-5-2-3-6-17(16)22-18/h2-3,5-6,8-11H,4,7,12-13H2,1H3,(H,20,23)(H,21,22). The summed E-state index contributed by atoms with van der Waals surface area (Å²) in [5, 5.41) is 2.86. The van der Waals surface area contributed by atoms with Gasteiger partial charge in [-0.3, -0.25) is 4.79 Å². The molecule has 0 saturated carbocycles. The number of H-pyrrole nitrogens is 1. The van der Waals surface area contributed by atoms with Gasteiger partial charge in [-0.1, -0.05) is 29.8 Å². The Balaban J connectivity index is 1.36. The molecule has 0 radical (unpaired) electrons. The van der Waals surface area contributed by atoms with Gasteiger partial charge < -0.3 is 15.0 Å². The molecule has 0 aliphatic heterocycles. The van der Waals surface area contributed by atoms with Crippen LogP contribution < -0.4 is 10.1 Å². The van der Waals surface area contributed by atoms with Crippen molar-refractivity contribution in [3.05, 3.63) is 59.9 Å². The van der Waals surface area contributed by atoms with Crippen LogP contribution >= 0.6 is 0 Å². The smallest absolute Gasteiger partial charge is 0.257 e. The molecule has 3 rings (SSSR count). The Morgan fingerprint density at radius 2 is 1.96 bits per heavy atom. The Kier molecular flexibility index (Phi) is 5.11. The van der Waals surface area contributed by atoms with Crippen molar-refractivity contribution in [1.82, 2.24) is 15.3 Å². The van der Waals surface area contributed by atoms with Crippen molar-refractivity contribution in [2.45, 2.75) is 19.8 Å². The van der Waals surface area contributed by atoms with Crippen LogP contribution in [0.4, 0.5) is 0 Å². The molecular formula is C19H21N3O2. The van der Waals surface area contributed by atoms with Crippen LogP contribution in [-0.4, -0.2) is 29.0 Å². The highest BCUT2D eigenvalue weighted by Crippen LogP contribution is 2.12. The molecular weight excluding hydrogens is 302 g/mol. The van der Waals surface area contributed by atoms with E-state index in [1.807, 2.05) is 55.5 Å². The van der Waals surface area contributed by atoms with Crippen molar-refractivity contribution in [3.63, 3.8) is 0 Å². The van der Waals surface area contributed by atoms with Crippen molar-refractivity contribution in [2.75, 3.05) is 13.2 Å². The van der Waals surface area contributed by atoms with E-state index in [-0.39, 0.29) is 12.5 Å². The van der Waals surface area contributed by atoms with Crippen LogP contribution in [0.2, 0.25) is 0 Å². The van der Waals surface area contributed by atoms with Crippen molar-refractivity contribution in [2.24, 2.45) is 0 Å². The number of aromatic amines is 1. The minimum atomic E-state index is -0.111. The number of benzene rings is 2. The maximum Gasteiger partial charge on any atom is 0.257 e. The summed E-state index contributed by atoms with van der Waals surface area (Å²) < 4.78 is 5.45. The number of aromatic nitrogens is 2. The topological polar surface area (TPSA) is 67.0 Å². The molecule has 2 N–H and O–H groups in total. The van der Waals surface area contributed by atoms with E-state index in [9.17, 15) is 4.79 Å². The minimum absolute atomic E-state index is 0.0354. The number of imidazole rings is 1. The quantitative estimate of drug-likeness (QED) is 0.657. The average molecular weight is 323 g/mol. The van der Waals surface area contributed by atoms with Gasteiger partial charge in [-0.25, -0.2) is 4.98 Å². The number of para-hydroxylation sites is 2. The summed E-state index contributed by atoms with van der Waals surface area (Å²) in [6, 6.07) is 15.6. The molecule has 1 aromatic heterocycles. The molecule has 0 bridgehead atoms. The number of fused-ring (bicyclic) bond motifs is 1. The first-order chi connectivity index (χ1) is 11.7. The molecule has 1 amide bonds. The van der Waals surface area contributed by atoms with E-state index in [1.54, 1.807) is 0 Å². The lowest BCUT2D eigenvalue weighted by atomic mass is 10.2. The first-order valence-electron chi connectivity index (χ1n) is 8.10. The summed E-state index contributed by atoms with van der Waals surface area (Å²) in [5.41, 5.74) is 3.18. The maximum absolute atomic E-state index is 11.8. The molecule has 5 nitrogen and oxygen atoms in total. The fraction of sp³-hybridized carbons (Fsp3) is 0.263. The van der Waals surface area contributed by atoms with Crippen LogP contribution in [0.25, 0.3) is 11.0 Å². The van der Waals surface area contributed by atoms with Gasteiger partial charge in [-0.15, -0.1) is 0 Å². The Bertz CT molecular complexity index is 776. The summed E-state index contributed by atoms with van der Waals surface area (Å²) in [6.07, 6.45) is 1.63. The van der Waals surface area contributed by atoms with Crippen LogP contribution in [0.5, 0.6) is 5.75 Å². The molecule has 0 unspecified atom stereocenters. The molecule has 5 heteroatoms. The number of nitrogens with one attached hydrogen (secondary N) is 2. The predicted octanol–water partition coefficient (Wildman–Crippen LogP) is 3.00. The number of hydrogen-bond acceptors (Lipinski definition) is 3. The summed E-state index contributed by atoms with van der Waals surface area (Å²) >= 11 is 0. The van der Waals surface area contributed by atoms with Crippen molar-refractivity contribution in [1.29, 1.82) is 0 Å². The molecule has 0 atom stereocenters. The molecule has 24 heavy (non-hydrogen) atoms. The summed E-state index contributed by atoms with van der Waals surface area (Å²) in [4.78, 5) is 19.6. The second-order valence-corrected chi connectivity index (χ2v) is 5.76. The van der Waals surface area contributed by atoms with Crippen molar-refractivity contribution in [3.8, 4) is 5.75 Å². The Morgan fingerprint density at radius 1 is 1.17 bits per heavy atom. The van der Waals surface area contributed by atoms with E-state index in [4.69, 9.17) is 4.74 Å². The number of amides is 1. The van der Waals surface area contributed by atoms with E-state index in [0.29, 0.717) is 12.3 Å². The van der Waals surface area contributed by atoms with E-state index < -0.39 is 0 Å². The fourth-order valence-electron chi connectivity index (χ4n) is 2.44. The third kappa shape index (κ3) is 4.35. The number of nitrogens with zero attached hydrogens (tertiary/aromatic N) is 1. The van der Waals surface area contributed by atoms with Crippen LogP contribution in [0.1, 0.15) is 17.8 Å². The first kappa shape index (κ1) is 16.1. The van der Waals surface area contributed by atoms with Gasteiger partial charge in [0.1, 0.15) is 11.6 Å². The van der Waals surface area contributed by atoms with E-state index >= 15 is 0 Å². The monoisotopic (exact) mass is 323 g/mol. The molecule has 1 heterocycles. The molecule has 0 fully saturated rings. The second kappa shape index (κ2) is 7.64. The van der Waals surface area contributed by atoms with E-state index in [1.165, 1.54) is 0 Å². The highest BCUT2D eigenvalue weighted by Gasteiger charge is 2.04. The zero-order valence-electron chi connectivity index (χ0n) is 13.7. The second-order valence-electron chi connectivity index (χ2n) is 5.76. The van der Waals surface area contributed by atoms with Gasteiger partial charge in [0, 0.05) is 13.0 Å². The van der Waals surface area contributed by atoms with Gasteiger partial charge in [-0.2, -0.15) is 0 Å². The predicted molar refractivity (Wildman–Crippen MR) is 94.1 cm³/mol. The Morgan fingerprint density at radius 3 is 2.75 bits per heavy atom. The number of ether oxygens (including phenoxy) is 1. The normalized spacial score (nSPS) is 10.7. The van der Waals surface area contributed by atoms with Crippen molar-refractivity contribution >= 4 is 16.9 Å². The summed E-state index contributed by atoms with van der Waals surface area (Å²) in [5.74, 6) is 1.54. The number of rotatable bonds is 7. The van der Waals surface area contributed by atoms with Gasteiger partial charge >= 0.3 is 0 Å². The lowest BCUT2D eigenvalue weighted by Gasteiger charge is -2.07. The first-order valence-corrected chi connectivity index (χ1v) is 8.10. The zero-order valence-corrected chi connectivity index (χ0v) is 13.7. The minimum Gasteiger partial charge on any atom is -0.484 e. The Labute approximate surface area is 141 Å². The molecule has 124 valence electrons. The average Bonchev–Trinajstić information content (AvgIpc) is 3.01. The van der Waals surface area contributed by atoms with Crippen LogP contribution in [0, 0.1) is 6.92 Å². The van der Waals surface area contributed by atoms with Crippen LogP contribution in [-0.2, 0) is 11.2 Å². The van der Waals surface area contributed by atoms with E-state index in [0.717, 1.165) is 35.3 Å². The molecule has 3 aromatic rings. The fourth-order valence-corrected chi connectivity index (χ4v) is 2.44. The van der Waals surface area contributed by atoms with Gasteiger partial charge in [0.25, 0.3) is 5.91 Å². The molecule has 0 aliphatic rings. The highest BCUT2D eigenvalue weighted by atomic mass is 16.5. The number of carbonyl (C=O) groups excluding carboxylic acids is 1. The van der Waals surface area contributed by atoms with Crippen molar-refractivity contribution < 1.29 is 9.53 Å². The molecule has 0 spiro atoms. The van der Waals surface area contributed by atoms with Crippen LogP contribution in [0.3, 0.4) is 0 Å². The number of hydrogen-bond donors (Lipinski definition) is 2. The highest BCUT2D eigenvalue weighted by molar-refractivity contribution is 5.77. The third-order valence-electron chi connectivity index (χ3n) is 3.74. The Hall–Kier alpha value is -2.82. The molecule has 0 aliphatic carbocycles. The summed E-state index contributed by atoms with van der Waals surface area (Å²) in [6.45, 7) is 2.65. The SMILES string of the molecule is Cc1ccc(OCC(=O)NCCCc2nc3ccccc3[nH]2)cc1. The molecule has 0 saturated heterocycles. The van der Waals surface area contributed by atoms with Gasteiger partial charge in [0.2, 0.25) is 0 Å². The molecule has 2 aromatic carbocycles. The third-order valence-corrected chi connectivity index (χ3v) is 3.74. The van der Waals surface area contributed by atoms with Crippen LogP contribution in [0.15, 0.2) is 48.5 Å².